The molecular weight excluding hydrogens is 377 g/mol. The highest BCUT2D eigenvalue weighted by Crippen LogP contribution is 2.33. The summed E-state index contributed by atoms with van der Waals surface area (Å²) in [5, 5.41) is 18.5. The van der Waals surface area contributed by atoms with Crippen molar-refractivity contribution in [2.24, 2.45) is 0 Å². The van der Waals surface area contributed by atoms with E-state index in [1.807, 2.05) is 18.2 Å². The minimum absolute atomic E-state index is 0.227. The van der Waals surface area contributed by atoms with Crippen LogP contribution in [0.15, 0.2) is 60.8 Å². The lowest BCUT2D eigenvalue weighted by atomic mass is 9.98. The van der Waals surface area contributed by atoms with Crippen LogP contribution in [0.1, 0.15) is 33.5 Å². The molecule has 0 atom stereocenters. The fourth-order valence-corrected chi connectivity index (χ4v) is 2.81. The van der Waals surface area contributed by atoms with Crippen molar-refractivity contribution < 1.29 is 18.3 Å². The first-order valence-corrected chi connectivity index (χ1v) is 8.72. The molecule has 144 valence electrons. The number of rotatable bonds is 3. The van der Waals surface area contributed by atoms with Crippen LogP contribution in [-0.4, -0.2) is 10.1 Å². The predicted octanol–water partition coefficient (Wildman–Crippen LogP) is 4.86. The van der Waals surface area contributed by atoms with E-state index in [0.717, 1.165) is 17.3 Å². The summed E-state index contributed by atoms with van der Waals surface area (Å²) in [6, 6.07) is 15.5. The Morgan fingerprint density at radius 1 is 0.931 bits per heavy atom. The summed E-state index contributed by atoms with van der Waals surface area (Å²) in [7, 11) is 0. The molecule has 0 saturated heterocycles. The lowest BCUT2D eigenvalue weighted by molar-refractivity contribution is -0.137. The van der Waals surface area contributed by atoms with Gasteiger partial charge in [-0.2, -0.15) is 18.4 Å². The van der Waals surface area contributed by atoms with Crippen LogP contribution in [0.3, 0.4) is 0 Å². The molecule has 0 aliphatic rings. The molecular formula is C23H15F3N2O. The molecule has 0 saturated carbocycles. The van der Waals surface area contributed by atoms with E-state index in [1.54, 1.807) is 24.4 Å². The summed E-state index contributed by atoms with van der Waals surface area (Å²) in [6.45, 7) is 0. The zero-order valence-electron chi connectivity index (χ0n) is 15.2. The van der Waals surface area contributed by atoms with Gasteiger partial charge in [-0.1, -0.05) is 17.9 Å². The number of hydrogen-bond donors (Lipinski definition) is 1. The topological polar surface area (TPSA) is 56.9 Å². The van der Waals surface area contributed by atoms with Gasteiger partial charge in [-0.3, -0.25) is 4.98 Å². The Bertz CT molecular complexity index is 1120. The van der Waals surface area contributed by atoms with Gasteiger partial charge in [-0.05, 0) is 66.9 Å². The van der Waals surface area contributed by atoms with Gasteiger partial charge in [0.15, 0.2) is 0 Å². The first kappa shape index (κ1) is 20.0. The molecule has 29 heavy (non-hydrogen) atoms. The molecule has 2 aromatic carbocycles. The van der Waals surface area contributed by atoms with Crippen molar-refractivity contribution in [1.29, 1.82) is 5.26 Å². The molecule has 0 unspecified atom stereocenters. The Morgan fingerprint density at radius 2 is 1.69 bits per heavy atom. The van der Waals surface area contributed by atoms with Gasteiger partial charge >= 0.3 is 6.18 Å². The number of aromatic hydroxyl groups is 1. The van der Waals surface area contributed by atoms with Crippen molar-refractivity contribution in [2.45, 2.75) is 19.0 Å². The average Bonchev–Trinajstić information content (AvgIpc) is 2.71. The van der Waals surface area contributed by atoms with Crippen molar-refractivity contribution >= 4 is 0 Å². The van der Waals surface area contributed by atoms with Crippen LogP contribution >= 0.6 is 0 Å². The van der Waals surface area contributed by atoms with Crippen molar-refractivity contribution in [2.75, 3.05) is 0 Å². The minimum Gasteiger partial charge on any atom is -0.508 e. The third-order valence-electron chi connectivity index (χ3n) is 4.25. The van der Waals surface area contributed by atoms with Crippen LogP contribution in [0.2, 0.25) is 0 Å². The number of aromatic nitrogens is 1. The third-order valence-corrected chi connectivity index (χ3v) is 4.25. The summed E-state index contributed by atoms with van der Waals surface area (Å²) in [5.41, 5.74) is 1.40. The van der Waals surface area contributed by atoms with Gasteiger partial charge in [0.2, 0.25) is 0 Å². The maximum Gasteiger partial charge on any atom is 0.417 e. The molecule has 0 aliphatic carbocycles. The van der Waals surface area contributed by atoms with Crippen LogP contribution < -0.4 is 0 Å². The minimum atomic E-state index is -4.63. The Kier molecular flexibility index (Phi) is 5.85. The first-order valence-electron chi connectivity index (χ1n) is 8.72. The number of hydrogen-bond acceptors (Lipinski definition) is 3. The zero-order chi connectivity index (χ0) is 20.9. The molecule has 0 fully saturated rings. The van der Waals surface area contributed by atoms with Gasteiger partial charge < -0.3 is 5.11 Å². The number of alkyl halides is 3. The number of pyridine rings is 1. The van der Waals surface area contributed by atoms with E-state index in [2.05, 4.69) is 22.9 Å². The molecule has 0 amide bonds. The SMILES string of the molecule is N#Cc1ccc(C#Cc2ccc(O)cc2C(F)(F)F)c(CCc2ccccn2)c1. The van der Waals surface area contributed by atoms with E-state index >= 15 is 0 Å². The van der Waals surface area contributed by atoms with E-state index in [0.29, 0.717) is 30.0 Å². The summed E-state index contributed by atoms with van der Waals surface area (Å²) in [4.78, 5) is 4.26. The third kappa shape index (κ3) is 5.15. The van der Waals surface area contributed by atoms with Gasteiger partial charge in [0.1, 0.15) is 5.75 Å². The highest BCUT2D eigenvalue weighted by atomic mass is 19.4. The summed E-state index contributed by atoms with van der Waals surface area (Å²) < 4.78 is 39.7. The van der Waals surface area contributed by atoms with Gasteiger partial charge in [0, 0.05) is 23.0 Å². The van der Waals surface area contributed by atoms with Gasteiger partial charge in [-0.25, -0.2) is 0 Å². The normalized spacial score (nSPS) is 10.7. The second-order valence-electron chi connectivity index (χ2n) is 6.28. The quantitative estimate of drug-likeness (QED) is 0.648. The Balaban J connectivity index is 1.96. The van der Waals surface area contributed by atoms with Gasteiger partial charge in [-0.15, -0.1) is 0 Å². The molecule has 0 spiro atoms. The second-order valence-corrected chi connectivity index (χ2v) is 6.28. The molecule has 1 aromatic heterocycles. The molecule has 0 radical (unpaired) electrons. The smallest absolute Gasteiger partial charge is 0.417 e. The number of halogens is 3. The molecule has 0 bridgehead atoms. The van der Waals surface area contributed by atoms with E-state index in [1.165, 1.54) is 6.07 Å². The van der Waals surface area contributed by atoms with Crippen LogP contribution in [0.25, 0.3) is 0 Å². The van der Waals surface area contributed by atoms with Gasteiger partial charge in [0.05, 0.1) is 17.2 Å². The van der Waals surface area contributed by atoms with Gasteiger partial charge in [0.25, 0.3) is 0 Å². The van der Waals surface area contributed by atoms with Crippen LogP contribution in [0, 0.1) is 23.2 Å². The van der Waals surface area contributed by atoms with Crippen molar-refractivity contribution in [3.8, 4) is 23.7 Å². The molecule has 3 aromatic rings. The molecule has 6 heteroatoms. The fourth-order valence-electron chi connectivity index (χ4n) is 2.81. The second kappa shape index (κ2) is 8.50. The maximum absolute atomic E-state index is 13.2. The van der Waals surface area contributed by atoms with Crippen molar-refractivity contribution in [1.82, 2.24) is 4.98 Å². The summed E-state index contributed by atoms with van der Waals surface area (Å²) in [6.07, 6.45) is -1.80. The van der Waals surface area contributed by atoms with Crippen LogP contribution in [0.4, 0.5) is 13.2 Å². The Labute approximate surface area is 166 Å². The Hall–Kier alpha value is -3.77. The number of nitriles is 1. The highest BCUT2D eigenvalue weighted by molar-refractivity contribution is 5.53. The van der Waals surface area contributed by atoms with Crippen LogP contribution in [-0.2, 0) is 19.0 Å². The lowest BCUT2D eigenvalue weighted by Gasteiger charge is -2.09. The number of nitrogens with zero attached hydrogens (tertiary/aromatic N) is 2. The molecule has 0 aliphatic heterocycles. The molecule has 3 nitrogen and oxygen atoms in total. The predicted molar refractivity (Wildman–Crippen MR) is 102 cm³/mol. The molecule has 1 heterocycles. The summed E-state index contributed by atoms with van der Waals surface area (Å²) >= 11 is 0. The Morgan fingerprint density at radius 3 is 2.38 bits per heavy atom. The summed E-state index contributed by atoms with van der Waals surface area (Å²) in [5.74, 6) is 4.87. The van der Waals surface area contributed by atoms with E-state index in [-0.39, 0.29) is 5.56 Å². The van der Waals surface area contributed by atoms with Crippen molar-refractivity contribution in [3.63, 3.8) is 0 Å². The number of phenols is 1. The number of phenolic OH excluding ortho intramolecular Hbond substituents is 1. The van der Waals surface area contributed by atoms with Crippen LogP contribution in [0.5, 0.6) is 5.75 Å². The molecule has 1 N–H and O–H groups in total. The average molecular weight is 392 g/mol. The number of benzene rings is 2. The van der Waals surface area contributed by atoms with Crippen molar-refractivity contribution in [3.05, 3.63) is 94.3 Å². The van der Waals surface area contributed by atoms with E-state index in [9.17, 15) is 18.3 Å². The fraction of sp³-hybridized carbons (Fsp3) is 0.130. The first-order chi connectivity index (χ1) is 13.9. The zero-order valence-corrected chi connectivity index (χ0v) is 15.2. The largest absolute Gasteiger partial charge is 0.508 e. The standard InChI is InChI=1S/C23H15F3N2O/c24-23(25,26)22-14-21(29)11-9-18(22)7-6-17-5-4-16(15-27)13-19(17)8-10-20-3-1-2-12-28-20/h1-5,9,11-14,29H,8,10H2. The molecule has 3 rings (SSSR count). The lowest BCUT2D eigenvalue weighted by Crippen LogP contribution is -2.07. The monoisotopic (exact) mass is 392 g/mol. The maximum atomic E-state index is 13.2. The van der Waals surface area contributed by atoms with E-state index < -0.39 is 17.5 Å². The number of aryl methyl sites for hydroxylation is 2. The highest BCUT2D eigenvalue weighted by Gasteiger charge is 2.33. The van der Waals surface area contributed by atoms with E-state index in [4.69, 9.17) is 5.26 Å².